The summed E-state index contributed by atoms with van der Waals surface area (Å²) in [5.74, 6) is 5.07. The number of carbonyl (C=O) groups excluding carboxylic acids is 1. The van der Waals surface area contributed by atoms with Crippen molar-refractivity contribution >= 4 is 28.9 Å². The van der Waals surface area contributed by atoms with Gasteiger partial charge in [-0.25, -0.2) is 10.3 Å². The van der Waals surface area contributed by atoms with E-state index in [0.29, 0.717) is 16.4 Å². The van der Waals surface area contributed by atoms with Gasteiger partial charge < -0.3 is 5.32 Å². The predicted octanol–water partition coefficient (Wildman–Crippen LogP) is 2.26. The van der Waals surface area contributed by atoms with Crippen LogP contribution in [0.2, 0.25) is 5.02 Å². The number of nitrogens with two attached hydrogens (primary N) is 1. The molecule has 120 valence electrons. The lowest BCUT2D eigenvalue weighted by Gasteiger charge is -2.13. The number of benzene rings is 2. The molecule has 1 aliphatic heterocycles. The fourth-order valence-electron chi connectivity index (χ4n) is 2.57. The zero-order valence-corrected chi connectivity index (χ0v) is 13.3. The third kappa shape index (κ3) is 2.96. The van der Waals surface area contributed by atoms with E-state index in [1.54, 1.807) is 24.3 Å². The third-order valence-electron chi connectivity index (χ3n) is 3.70. The van der Waals surface area contributed by atoms with Gasteiger partial charge in [-0.3, -0.25) is 10.6 Å². The van der Waals surface area contributed by atoms with Crippen molar-refractivity contribution in [2.45, 2.75) is 6.17 Å². The molecule has 3 rings (SSSR count). The molecule has 0 fully saturated rings. The molecule has 1 atom stereocenters. The Balaban J connectivity index is 1.92. The van der Waals surface area contributed by atoms with E-state index in [0.717, 1.165) is 16.0 Å². The molecule has 0 bridgehead atoms. The monoisotopic (exact) mass is 339 g/mol. The predicted molar refractivity (Wildman–Crippen MR) is 92.2 cm³/mol. The summed E-state index contributed by atoms with van der Waals surface area (Å²) in [6.07, 6.45) is 2.99. The second-order valence-corrected chi connectivity index (χ2v) is 5.58. The molecule has 6 nitrogen and oxygen atoms in total. The van der Waals surface area contributed by atoms with E-state index < -0.39 is 5.91 Å². The number of amides is 1. The Labute approximate surface area is 144 Å². The first kappa shape index (κ1) is 16.0. The summed E-state index contributed by atoms with van der Waals surface area (Å²) < 4.78 is 0. The standard InChI is InChI=1S/C17H14ClN5O/c18-11-5-7-12(8-6-11)23(10-19)16(24)9-15-13-3-1-2-4-14(13)17(21-15)22-20/h1-9,17,21-22H,20H2/b15-9-. The number of rotatable bonds is 3. The Bertz CT molecular complexity index is 841. The number of nitrogens with zero attached hydrogens (tertiary/aromatic N) is 2. The van der Waals surface area contributed by atoms with Crippen LogP contribution in [0, 0.1) is 11.5 Å². The van der Waals surface area contributed by atoms with Gasteiger partial charge in [-0.05, 0) is 29.8 Å². The molecule has 2 aromatic rings. The fraction of sp³-hybridized carbons (Fsp3) is 0.0588. The van der Waals surface area contributed by atoms with Crippen LogP contribution in [-0.2, 0) is 4.79 Å². The molecular weight excluding hydrogens is 326 g/mol. The van der Waals surface area contributed by atoms with E-state index in [1.165, 1.54) is 6.08 Å². The minimum Gasteiger partial charge on any atom is -0.364 e. The van der Waals surface area contributed by atoms with E-state index in [2.05, 4.69) is 10.7 Å². The summed E-state index contributed by atoms with van der Waals surface area (Å²) in [5.41, 5.74) is 5.50. The minimum absolute atomic E-state index is 0.286. The van der Waals surface area contributed by atoms with Crippen molar-refractivity contribution in [1.29, 1.82) is 5.26 Å². The Kier molecular flexibility index (Phi) is 4.49. The highest BCUT2D eigenvalue weighted by atomic mass is 35.5. The van der Waals surface area contributed by atoms with Crippen LogP contribution in [0.15, 0.2) is 54.6 Å². The largest absolute Gasteiger partial charge is 0.364 e. The molecule has 2 aromatic carbocycles. The maximum atomic E-state index is 12.5. The Morgan fingerprint density at radius 2 is 2.00 bits per heavy atom. The van der Waals surface area contributed by atoms with Gasteiger partial charge in [0.15, 0.2) is 6.19 Å². The van der Waals surface area contributed by atoms with Gasteiger partial charge >= 0.3 is 0 Å². The maximum Gasteiger partial charge on any atom is 0.266 e. The molecule has 1 aliphatic rings. The molecule has 1 unspecified atom stereocenters. The molecule has 0 radical (unpaired) electrons. The van der Waals surface area contributed by atoms with Crippen molar-refractivity contribution in [3.8, 4) is 6.19 Å². The molecule has 1 heterocycles. The van der Waals surface area contributed by atoms with Crippen LogP contribution in [0.5, 0.6) is 0 Å². The van der Waals surface area contributed by atoms with Gasteiger partial charge in [-0.2, -0.15) is 5.26 Å². The quantitative estimate of drug-likeness (QED) is 0.262. The first-order valence-electron chi connectivity index (χ1n) is 7.17. The summed E-state index contributed by atoms with van der Waals surface area (Å²) in [5, 5.41) is 13.0. The molecule has 1 amide bonds. The summed E-state index contributed by atoms with van der Waals surface area (Å²) in [6, 6.07) is 14.0. The van der Waals surface area contributed by atoms with Crippen molar-refractivity contribution in [3.05, 3.63) is 70.8 Å². The van der Waals surface area contributed by atoms with Crippen LogP contribution in [0.4, 0.5) is 5.69 Å². The number of nitrogens with one attached hydrogen (secondary N) is 2. The van der Waals surface area contributed by atoms with Gasteiger partial charge in [0.05, 0.1) is 5.69 Å². The zero-order chi connectivity index (χ0) is 17.1. The van der Waals surface area contributed by atoms with Gasteiger partial charge in [0.1, 0.15) is 6.17 Å². The van der Waals surface area contributed by atoms with Crippen LogP contribution in [0.25, 0.3) is 5.70 Å². The Hall–Kier alpha value is -2.85. The zero-order valence-electron chi connectivity index (χ0n) is 12.5. The highest BCUT2D eigenvalue weighted by molar-refractivity contribution is 6.30. The van der Waals surface area contributed by atoms with Crippen molar-refractivity contribution in [2.75, 3.05) is 4.90 Å². The first-order chi connectivity index (χ1) is 11.6. The number of hydrogen-bond donors (Lipinski definition) is 3. The highest BCUT2D eigenvalue weighted by Crippen LogP contribution is 2.30. The molecule has 7 heteroatoms. The van der Waals surface area contributed by atoms with E-state index >= 15 is 0 Å². The summed E-state index contributed by atoms with van der Waals surface area (Å²) >= 11 is 5.84. The molecule has 24 heavy (non-hydrogen) atoms. The third-order valence-corrected chi connectivity index (χ3v) is 3.95. The average molecular weight is 340 g/mol. The van der Waals surface area contributed by atoms with Gasteiger partial charge in [-0.1, -0.05) is 35.9 Å². The molecule has 0 aromatic heterocycles. The minimum atomic E-state index is -0.463. The van der Waals surface area contributed by atoms with Crippen LogP contribution in [-0.4, -0.2) is 5.91 Å². The van der Waals surface area contributed by atoms with Crippen LogP contribution < -0.4 is 21.5 Å². The Morgan fingerprint density at radius 1 is 1.29 bits per heavy atom. The van der Waals surface area contributed by atoms with Crippen molar-refractivity contribution < 1.29 is 4.79 Å². The SMILES string of the molecule is N#CN(C(=O)/C=C1\NC(NN)c2ccccc21)c1ccc(Cl)cc1. The van der Waals surface area contributed by atoms with Crippen molar-refractivity contribution in [3.63, 3.8) is 0 Å². The van der Waals surface area contributed by atoms with Crippen LogP contribution in [0.1, 0.15) is 17.3 Å². The summed E-state index contributed by atoms with van der Waals surface area (Å²) in [4.78, 5) is 13.5. The van der Waals surface area contributed by atoms with E-state index in [-0.39, 0.29) is 6.17 Å². The second kappa shape index (κ2) is 6.72. The summed E-state index contributed by atoms with van der Waals surface area (Å²) in [7, 11) is 0. The van der Waals surface area contributed by atoms with Gasteiger partial charge in [0.2, 0.25) is 0 Å². The van der Waals surface area contributed by atoms with E-state index in [1.807, 2.05) is 30.5 Å². The van der Waals surface area contributed by atoms with Crippen molar-refractivity contribution in [1.82, 2.24) is 10.7 Å². The van der Waals surface area contributed by atoms with Gasteiger partial charge in [0.25, 0.3) is 5.91 Å². The average Bonchev–Trinajstić information content (AvgIpc) is 2.95. The fourth-order valence-corrected chi connectivity index (χ4v) is 2.69. The first-order valence-corrected chi connectivity index (χ1v) is 7.55. The highest BCUT2D eigenvalue weighted by Gasteiger charge is 2.25. The normalized spacial score (nSPS) is 17.0. The number of fused-ring (bicyclic) bond motifs is 1. The van der Waals surface area contributed by atoms with Crippen LogP contribution >= 0.6 is 11.6 Å². The molecular formula is C17H14ClN5O. The summed E-state index contributed by atoms with van der Waals surface area (Å²) in [6.45, 7) is 0. The molecule has 0 saturated heterocycles. The van der Waals surface area contributed by atoms with E-state index in [4.69, 9.17) is 17.4 Å². The lowest BCUT2D eigenvalue weighted by molar-refractivity contribution is -0.113. The second-order valence-electron chi connectivity index (χ2n) is 5.14. The molecule has 0 spiro atoms. The topological polar surface area (TPSA) is 94.2 Å². The van der Waals surface area contributed by atoms with E-state index in [9.17, 15) is 10.1 Å². The molecule has 0 saturated carbocycles. The number of carbonyl (C=O) groups is 1. The number of anilines is 1. The smallest absolute Gasteiger partial charge is 0.266 e. The number of hydrogen-bond acceptors (Lipinski definition) is 5. The van der Waals surface area contributed by atoms with Gasteiger partial charge in [0, 0.05) is 22.4 Å². The number of nitriles is 1. The number of hydrazine groups is 1. The maximum absolute atomic E-state index is 12.5. The lowest BCUT2D eigenvalue weighted by Crippen LogP contribution is -2.34. The van der Waals surface area contributed by atoms with Gasteiger partial charge in [-0.15, -0.1) is 0 Å². The molecule has 4 N–H and O–H groups in total. The van der Waals surface area contributed by atoms with Crippen LogP contribution in [0.3, 0.4) is 0 Å². The number of halogens is 1. The van der Waals surface area contributed by atoms with Crippen molar-refractivity contribution in [2.24, 2.45) is 5.84 Å². The Morgan fingerprint density at radius 3 is 2.67 bits per heavy atom. The lowest BCUT2D eigenvalue weighted by atomic mass is 10.1. The molecule has 0 aliphatic carbocycles.